The minimum atomic E-state index is -4.23. The SMILES string of the molecule is CC(c1ccccc1O)N(C)CC(F)(F)F. The van der Waals surface area contributed by atoms with Gasteiger partial charge in [0, 0.05) is 11.6 Å². The molecule has 0 spiro atoms. The maximum atomic E-state index is 12.2. The Balaban J connectivity index is 2.78. The van der Waals surface area contributed by atoms with Crippen LogP contribution >= 0.6 is 0 Å². The summed E-state index contributed by atoms with van der Waals surface area (Å²) in [5.41, 5.74) is 0.495. The number of benzene rings is 1. The molecule has 0 heterocycles. The van der Waals surface area contributed by atoms with E-state index in [-0.39, 0.29) is 5.75 Å². The molecule has 16 heavy (non-hydrogen) atoms. The molecule has 1 rings (SSSR count). The van der Waals surface area contributed by atoms with Gasteiger partial charge in [0.25, 0.3) is 0 Å². The summed E-state index contributed by atoms with van der Waals surface area (Å²) in [6, 6.07) is 5.92. The Bertz CT molecular complexity index is 351. The van der Waals surface area contributed by atoms with Crippen molar-refractivity contribution in [3.63, 3.8) is 0 Å². The average Bonchev–Trinajstić information content (AvgIpc) is 2.15. The topological polar surface area (TPSA) is 23.5 Å². The van der Waals surface area contributed by atoms with Crippen molar-refractivity contribution in [2.24, 2.45) is 0 Å². The second-order valence-electron chi connectivity index (χ2n) is 3.77. The van der Waals surface area contributed by atoms with E-state index in [4.69, 9.17) is 0 Å². The molecule has 0 radical (unpaired) electrons. The first-order chi connectivity index (χ1) is 7.31. The van der Waals surface area contributed by atoms with E-state index in [9.17, 15) is 18.3 Å². The van der Waals surface area contributed by atoms with Crippen molar-refractivity contribution in [3.05, 3.63) is 29.8 Å². The van der Waals surface area contributed by atoms with Gasteiger partial charge in [-0.2, -0.15) is 13.2 Å². The highest BCUT2D eigenvalue weighted by atomic mass is 19.4. The number of rotatable bonds is 3. The van der Waals surface area contributed by atoms with E-state index in [1.54, 1.807) is 25.1 Å². The van der Waals surface area contributed by atoms with Crippen LogP contribution in [0.4, 0.5) is 13.2 Å². The lowest BCUT2D eigenvalue weighted by Gasteiger charge is -2.26. The second kappa shape index (κ2) is 4.74. The normalized spacial score (nSPS) is 14.1. The van der Waals surface area contributed by atoms with Crippen molar-refractivity contribution >= 4 is 0 Å². The molecular weight excluding hydrogens is 219 g/mol. The fourth-order valence-electron chi connectivity index (χ4n) is 1.50. The van der Waals surface area contributed by atoms with Gasteiger partial charge in [0.05, 0.1) is 6.54 Å². The van der Waals surface area contributed by atoms with Crippen LogP contribution in [-0.2, 0) is 0 Å². The van der Waals surface area contributed by atoms with E-state index in [2.05, 4.69) is 0 Å². The molecule has 1 unspecified atom stereocenters. The highest BCUT2D eigenvalue weighted by Gasteiger charge is 2.31. The van der Waals surface area contributed by atoms with Crippen molar-refractivity contribution in [1.82, 2.24) is 4.90 Å². The Labute approximate surface area is 92.3 Å². The van der Waals surface area contributed by atoms with Crippen LogP contribution < -0.4 is 0 Å². The maximum Gasteiger partial charge on any atom is 0.401 e. The molecule has 0 saturated carbocycles. The fourth-order valence-corrected chi connectivity index (χ4v) is 1.50. The highest BCUT2D eigenvalue weighted by Crippen LogP contribution is 2.29. The van der Waals surface area contributed by atoms with Crippen molar-refractivity contribution in [2.45, 2.75) is 19.1 Å². The first-order valence-corrected chi connectivity index (χ1v) is 4.86. The predicted octanol–water partition coefficient (Wildman–Crippen LogP) is 2.95. The van der Waals surface area contributed by atoms with E-state index < -0.39 is 18.8 Å². The molecule has 1 N–H and O–H groups in total. The molecule has 5 heteroatoms. The third-order valence-corrected chi connectivity index (χ3v) is 2.48. The number of para-hydroxylation sites is 1. The first-order valence-electron chi connectivity index (χ1n) is 4.86. The third kappa shape index (κ3) is 3.41. The molecule has 0 fully saturated rings. The Morgan fingerprint density at radius 1 is 1.31 bits per heavy atom. The van der Waals surface area contributed by atoms with Gasteiger partial charge in [-0.1, -0.05) is 18.2 Å². The number of phenols is 1. The zero-order valence-electron chi connectivity index (χ0n) is 9.12. The van der Waals surface area contributed by atoms with Crippen LogP contribution in [-0.4, -0.2) is 29.8 Å². The van der Waals surface area contributed by atoms with Gasteiger partial charge >= 0.3 is 6.18 Å². The smallest absolute Gasteiger partial charge is 0.401 e. The van der Waals surface area contributed by atoms with Crippen LogP contribution in [0.5, 0.6) is 5.75 Å². The number of aromatic hydroxyl groups is 1. The summed E-state index contributed by atoms with van der Waals surface area (Å²) >= 11 is 0. The summed E-state index contributed by atoms with van der Waals surface area (Å²) in [5.74, 6) is 0.0176. The standard InChI is InChI=1S/C11H14F3NO/c1-8(15(2)7-11(12,13)14)9-5-3-4-6-10(9)16/h3-6,8,16H,7H2,1-2H3. The monoisotopic (exact) mass is 233 g/mol. The summed E-state index contributed by atoms with van der Waals surface area (Å²) < 4.78 is 36.5. The lowest BCUT2D eigenvalue weighted by atomic mass is 10.1. The van der Waals surface area contributed by atoms with Crippen LogP contribution in [0, 0.1) is 0 Å². The molecule has 2 nitrogen and oxygen atoms in total. The zero-order valence-corrected chi connectivity index (χ0v) is 9.12. The summed E-state index contributed by atoms with van der Waals surface area (Å²) in [6.07, 6.45) is -4.23. The van der Waals surface area contributed by atoms with Crippen LogP contribution in [0.2, 0.25) is 0 Å². The minimum absolute atomic E-state index is 0.0176. The quantitative estimate of drug-likeness (QED) is 0.867. The number of nitrogens with zero attached hydrogens (tertiary/aromatic N) is 1. The predicted molar refractivity (Wildman–Crippen MR) is 55.2 cm³/mol. The van der Waals surface area contributed by atoms with Gasteiger partial charge in [-0.15, -0.1) is 0 Å². The zero-order chi connectivity index (χ0) is 12.3. The third-order valence-electron chi connectivity index (χ3n) is 2.48. The van der Waals surface area contributed by atoms with Crippen molar-refractivity contribution < 1.29 is 18.3 Å². The van der Waals surface area contributed by atoms with E-state index in [1.165, 1.54) is 13.1 Å². The van der Waals surface area contributed by atoms with Gasteiger partial charge in [0.2, 0.25) is 0 Å². The van der Waals surface area contributed by atoms with Crippen LogP contribution in [0.3, 0.4) is 0 Å². The molecule has 0 aliphatic rings. The highest BCUT2D eigenvalue weighted by molar-refractivity contribution is 5.34. The van der Waals surface area contributed by atoms with Gasteiger partial charge < -0.3 is 5.11 Å². The lowest BCUT2D eigenvalue weighted by Crippen LogP contribution is -2.33. The first kappa shape index (κ1) is 12.8. The molecule has 0 bridgehead atoms. The molecule has 1 aromatic rings. The van der Waals surface area contributed by atoms with E-state index in [0.29, 0.717) is 5.56 Å². The molecule has 0 aromatic heterocycles. The molecule has 1 aromatic carbocycles. The van der Waals surface area contributed by atoms with Gasteiger partial charge in [0.1, 0.15) is 5.75 Å². The van der Waals surface area contributed by atoms with Crippen molar-refractivity contribution in [3.8, 4) is 5.75 Å². The van der Waals surface area contributed by atoms with Gasteiger partial charge in [-0.3, -0.25) is 4.90 Å². The Morgan fingerprint density at radius 2 is 1.88 bits per heavy atom. The molecule has 0 aliphatic carbocycles. The van der Waals surface area contributed by atoms with E-state index in [1.807, 2.05) is 0 Å². The van der Waals surface area contributed by atoms with Gasteiger partial charge in [0.15, 0.2) is 0 Å². The van der Waals surface area contributed by atoms with Crippen LogP contribution in [0.1, 0.15) is 18.5 Å². The number of alkyl halides is 3. The molecule has 0 aliphatic heterocycles. The van der Waals surface area contributed by atoms with E-state index in [0.717, 1.165) is 4.90 Å². The average molecular weight is 233 g/mol. The molecule has 90 valence electrons. The molecule has 1 atom stereocenters. The fraction of sp³-hybridized carbons (Fsp3) is 0.455. The van der Waals surface area contributed by atoms with Gasteiger partial charge in [-0.25, -0.2) is 0 Å². The molecule has 0 amide bonds. The number of hydrogen-bond acceptors (Lipinski definition) is 2. The van der Waals surface area contributed by atoms with Crippen molar-refractivity contribution in [1.29, 1.82) is 0 Å². The van der Waals surface area contributed by atoms with Crippen LogP contribution in [0.15, 0.2) is 24.3 Å². The summed E-state index contributed by atoms with van der Waals surface area (Å²) in [7, 11) is 1.38. The van der Waals surface area contributed by atoms with E-state index >= 15 is 0 Å². The molecular formula is C11H14F3NO. The lowest BCUT2D eigenvalue weighted by molar-refractivity contribution is -0.147. The summed E-state index contributed by atoms with van der Waals surface area (Å²) in [6.45, 7) is 0.628. The Kier molecular flexibility index (Phi) is 3.80. The van der Waals surface area contributed by atoms with Crippen LogP contribution in [0.25, 0.3) is 0 Å². The number of hydrogen-bond donors (Lipinski definition) is 1. The van der Waals surface area contributed by atoms with Crippen molar-refractivity contribution in [2.75, 3.05) is 13.6 Å². The Hall–Kier alpha value is -1.23. The number of phenolic OH excluding ortho intramolecular Hbond substituents is 1. The molecule has 0 saturated heterocycles. The summed E-state index contributed by atoms with van der Waals surface area (Å²) in [4.78, 5) is 1.15. The largest absolute Gasteiger partial charge is 0.508 e. The van der Waals surface area contributed by atoms with Gasteiger partial charge in [-0.05, 0) is 20.0 Å². The summed E-state index contributed by atoms with van der Waals surface area (Å²) in [5, 5.41) is 9.52. The maximum absolute atomic E-state index is 12.2. The number of halogens is 3. The minimum Gasteiger partial charge on any atom is -0.508 e. The second-order valence-corrected chi connectivity index (χ2v) is 3.77. The Morgan fingerprint density at radius 3 is 2.38 bits per heavy atom.